The zero-order valence-corrected chi connectivity index (χ0v) is 40.5. The number of hydrogen-bond acceptors (Lipinski definition) is 18. The van der Waals surface area contributed by atoms with E-state index in [1.165, 1.54) is 57.4 Å². The second kappa shape index (κ2) is 26.4. The smallest absolute Gasteiger partial charge is 0.339 e. The molecule has 11 atom stereocenters. The maximum absolute atomic E-state index is 14.1. The van der Waals surface area contributed by atoms with Gasteiger partial charge in [0.15, 0.2) is 43.1 Å². The fourth-order valence-corrected chi connectivity index (χ4v) is 8.15. The molecule has 0 N–H and O–H groups in total. The average molecular weight is 1010 g/mol. The third-order valence-electron chi connectivity index (χ3n) is 11.5. The first-order valence-electron chi connectivity index (χ1n) is 23.5. The van der Waals surface area contributed by atoms with Gasteiger partial charge in [0, 0.05) is 21.0 Å². The fourth-order valence-electron chi connectivity index (χ4n) is 8.15. The number of hydrogen-bond donors (Lipinski definition) is 0. The second-order valence-electron chi connectivity index (χ2n) is 16.6. The predicted octanol–water partition coefficient (Wildman–Crippen LogP) is 6.55. The molecule has 0 radical (unpaired) electrons. The average Bonchev–Trinajstić information content (AvgIpc) is 3.41. The third kappa shape index (κ3) is 14.4. The lowest BCUT2D eigenvalue weighted by Gasteiger charge is -2.47. The van der Waals surface area contributed by atoms with Crippen molar-refractivity contribution in [2.24, 2.45) is 0 Å². The Morgan fingerprint density at radius 1 is 0.479 bits per heavy atom. The molecule has 2 saturated heterocycles. The minimum Gasteiger partial charge on any atom is -0.464 e. The lowest BCUT2D eigenvalue weighted by atomic mass is 9.96. The summed E-state index contributed by atoms with van der Waals surface area (Å²) in [6.07, 6.45) is -16.4. The summed E-state index contributed by atoms with van der Waals surface area (Å²) < 4.78 is 73.9. The van der Waals surface area contributed by atoms with Gasteiger partial charge in [0.2, 0.25) is 0 Å². The molecule has 384 valence electrons. The van der Waals surface area contributed by atoms with Gasteiger partial charge in [-0.05, 0) is 54.4 Å². The van der Waals surface area contributed by atoms with E-state index in [9.17, 15) is 28.8 Å². The van der Waals surface area contributed by atoms with Gasteiger partial charge in [0.1, 0.15) is 31.0 Å². The van der Waals surface area contributed by atoms with Crippen LogP contribution in [0.4, 0.5) is 0 Å². The van der Waals surface area contributed by atoms with Crippen molar-refractivity contribution in [2.45, 2.75) is 94.9 Å². The molecule has 5 aromatic rings. The Morgan fingerprint density at radius 3 is 1.45 bits per heavy atom. The zero-order chi connectivity index (χ0) is 51.7. The van der Waals surface area contributed by atoms with Gasteiger partial charge >= 0.3 is 35.8 Å². The van der Waals surface area contributed by atoms with Crippen molar-refractivity contribution in [1.82, 2.24) is 0 Å². The van der Waals surface area contributed by atoms with Crippen LogP contribution < -0.4 is 0 Å². The van der Waals surface area contributed by atoms with E-state index in [2.05, 4.69) is 0 Å². The molecule has 18 heteroatoms. The first-order valence-corrected chi connectivity index (χ1v) is 23.5. The number of ether oxygens (including phenoxy) is 12. The lowest BCUT2D eigenvalue weighted by Crippen LogP contribution is -2.65. The third-order valence-corrected chi connectivity index (χ3v) is 11.5. The molecular formula is C55H56O18. The summed E-state index contributed by atoms with van der Waals surface area (Å²) in [6.45, 7) is 2.88. The minimum absolute atomic E-state index is 0.0201. The second-order valence-corrected chi connectivity index (χ2v) is 16.6. The molecule has 0 aliphatic carbocycles. The van der Waals surface area contributed by atoms with Gasteiger partial charge in [-0.1, -0.05) is 115 Å². The Kier molecular flexibility index (Phi) is 19.3. The summed E-state index contributed by atoms with van der Waals surface area (Å²) in [5.41, 5.74) is 1.45. The van der Waals surface area contributed by atoms with Crippen LogP contribution in [0.2, 0.25) is 0 Å². The van der Waals surface area contributed by atoms with E-state index >= 15 is 0 Å². The molecule has 73 heavy (non-hydrogen) atoms. The van der Waals surface area contributed by atoms with E-state index in [4.69, 9.17) is 56.8 Å². The molecule has 0 amide bonds. The number of carbonyl (C=O) groups excluding carboxylic acids is 6. The Balaban J connectivity index is 1.31. The van der Waals surface area contributed by atoms with Crippen molar-refractivity contribution in [3.63, 3.8) is 0 Å². The van der Waals surface area contributed by atoms with Crippen molar-refractivity contribution < 1.29 is 85.6 Å². The van der Waals surface area contributed by atoms with Crippen LogP contribution in [-0.2, 0) is 77.8 Å². The highest BCUT2D eigenvalue weighted by atomic mass is 16.8. The first kappa shape index (κ1) is 53.5. The summed E-state index contributed by atoms with van der Waals surface area (Å²) in [4.78, 5) is 81.3. The maximum atomic E-state index is 14.1. The number of esters is 6. The summed E-state index contributed by atoms with van der Waals surface area (Å²) in [7, 11) is 1.27. The van der Waals surface area contributed by atoms with Gasteiger partial charge in [-0.15, -0.1) is 0 Å². The molecule has 0 spiro atoms. The van der Waals surface area contributed by atoms with Gasteiger partial charge in [-0.25, -0.2) is 19.2 Å². The highest BCUT2D eigenvalue weighted by Gasteiger charge is 2.56. The van der Waals surface area contributed by atoms with Crippen molar-refractivity contribution in [2.75, 3.05) is 26.9 Å². The zero-order valence-electron chi connectivity index (χ0n) is 40.5. The number of methoxy groups -OCH3 is 1. The molecule has 0 bridgehead atoms. The highest BCUT2D eigenvalue weighted by molar-refractivity contribution is 5.91. The predicted molar refractivity (Wildman–Crippen MR) is 255 cm³/mol. The standard InChI is InChI=1S/C55H56O18/c1-5-63-53(61)43(37-23-13-7-14-24-37)70-49-46(67-35(3)57)44(65-31-36-21-11-6-12-22-36)41(32-64-34(2)56)69-55(49)66-33-42-45(71-50(58)38-25-15-8-16-26-38)47(72-51(59)39-27-17-9-18-28-39)48(54(62-4)68-42)73-52(60)40-29-19-10-20-30-40/h6-30,41-49,54-55H,5,31-33H2,1-4H3/t41-,42-,43-,44-,45-,46+,47+,48-,49-,54+,55+/m1/s1. The molecule has 5 aromatic carbocycles. The topological polar surface area (TPSA) is 213 Å². The molecule has 0 unspecified atom stereocenters. The molecule has 0 aromatic heterocycles. The molecule has 2 aliphatic rings. The Bertz CT molecular complexity index is 2570. The van der Waals surface area contributed by atoms with Crippen LogP contribution in [0.25, 0.3) is 0 Å². The highest BCUT2D eigenvalue weighted by Crippen LogP contribution is 2.36. The minimum atomic E-state index is -1.66. The monoisotopic (exact) mass is 1000 g/mol. The van der Waals surface area contributed by atoms with Crippen LogP contribution in [0, 0.1) is 0 Å². The van der Waals surface area contributed by atoms with Crippen LogP contribution in [0.1, 0.15) is 69.1 Å². The number of rotatable bonds is 21. The normalized spacial score (nSPS) is 23.9. The molecular weight excluding hydrogens is 949 g/mol. The van der Waals surface area contributed by atoms with Crippen LogP contribution in [0.3, 0.4) is 0 Å². The number of benzene rings is 5. The van der Waals surface area contributed by atoms with Gasteiger partial charge in [-0.2, -0.15) is 0 Å². The van der Waals surface area contributed by atoms with E-state index in [-0.39, 0.29) is 29.9 Å². The van der Waals surface area contributed by atoms with Crippen molar-refractivity contribution >= 4 is 35.8 Å². The van der Waals surface area contributed by atoms with Crippen LogP contribution in [0.5, 0.6) is 0 Å². The van der Waals surface area contributed by atoms with Crippen molar-refractivity contribution in [1.29, 1.82) is 0 Å². The molecule has 18 nitrogen and oxygen atoms in total. The van der Waals surface area contributed by atoms with Crippen LogP contribution in [0.15, 0.2) is 152 Å². The Labute approximate surface area is 421 Å². The Morgan fingerprint density at radius 2 is 0.945 bits per heavy atom. The largest absolute Gasteiger partial charge is 0.464 e. The van der Waals surface area contributed by atoms with E-state index in [0.29, 0.717) is 5.56 Å². The first-order chi connectivity index (χ1) is 35.4. The summed E-state index contributed by atoms with van der Waals surface area (Å²) in [5, 5.41) is 0. The van der Waals surface area contributed by atoms with E-state index in [1.54, 1.807) is 91.9 Å². The summed E-state index contributed by atoms with van der Waals surface area (Å²) >= 11 is 0. The summed E-state index contributed by atoms with van der Waals surface area (Å²) in [6, 6.07) is 41.4. The van der Waals surface area contributed by atoms with Gasteiger partial charge < -0.3 is 56.8 Å². The van der Waals surface area contributed by atoms with Crippen LogP contribution >= 0.6 is 0 Å². The maximum Gasteiger partial charge on any atom is 0.339 e. The van der Waals surface area contributed by atoms with Gasteiger partial charge in [0.25, 0.3) is 0 Å². The van der Waals surface area contributed by atoms with Crippen molar-refractivity contribution in [3.8, 4) is 0 Å². The van der Waals surface area contributed by atoms with Gasteiger partial charge in [0.05, 0.1) is 36.5 Å². The SMILES string of the molecule is CCOC(=O)[C@H](O[C@H]1[C@@H](OC[C@H]2O[C@H](OC)[C@H](OC(=O)c3ccccc3)[C@@H](OC(=O)c3ccccc3)[C@@H]2OC(=O)c2ccccc2)O[C@H](COC(C)=O)[C@@H](OCc2ccccc2)[C@@H]1OC(C)=O)c1ccccc1. The van der Waals surface area contributed by atoms with E-state index in [1.807, 2.05) is 30.3 Å². The van der Waals surface area contributed by atoms with Gasteiger partial charge in [-0.3, -0.25) is 9.59 Å². The fraction of sp³-hybridized carbons (Fsp3) is 0.345. The molecule has 0 saturated carbocycles. The van der Waals surface area contributed by atoms with Crippen molar-refractivity contribution in [3.05, 3.63) is 179 Å². The molecule has 2 heterocycles. The molecule has 7 rings (SSSR count). The lowest BCUT2D eigenvalue weighted by molar-refractivity contribution is -0.340. The van der Waals surface area contributed by atoms with E-state index in [0.717, 1.165) is 5.56 Å². The Hall–Kier alpha value is -7.32. The molecule has 2 fully saturated rings. The van der Waals surface area contributed by atoms with Crippen LogP contribution in [-0.4, -0.2) is 124 Å². The molecule has 2 aliphatic heterocycles. The van der Waals surface area contributed by atoms with E-state index < -0.39 is 117 Å². The number of carbonyl (C=O) groups is 6. The summed E-state index contributed by atoms with van der Waals surface area (Å²) in [5.74, 6) is -4.85. The quantitative estimate of drug-likeness (QED) is 0.0563.